The third-order valence-corrected chi connectivity index (χ3v) is 4.69. The molecule has 0 aliphatic carbocycles. The number of carbonyl (C=O) groups excluding carboxylic acids is 3. The number of ketones is 1. The second-order valence-electron chi connectivity index (χ2n) is 5.72. The number of thiazole rings is 1. The smallest absolute Gasteiger partial charge is 0.344 e. The fraction of sp³-hybridized carbons (Fsp3) is 0.467. The summed E-state index contributed by atoms with van der Waals surface area (Å²) in [4.78, 5) is 56.5. The molecule has 1 fully saturated rings. The molecule has 11 nitrogen and oxygen atoms in total. The van der Waals surface area contributed by atoms with Gasteiger partial charge in [0.05, 0.1) is 16.8 Å². The lowest BCUT2D eigenvalue weighted by Crippen LogP contribution is -2.61. The number of hydrogen-bond acceptors (Lipinski definition) is 10. The van der Waals surface area contributed by atoms with Crippen LogP contribution in [-0.2, 0) is 28.8 Å². The fourth-order valence-electron chi connectivity index (χ4n) is 2.51. The zero-order valence-corrected chi connectivity index (χ0v) is 15.4. The number of oxime groups is 1. The number of nitrogen functional groups attached to an aromatic ring is 1. The summed E-state index contributed by atoms with van der Waals surface area (Å²) in [6.07, 6.45) is 1.11. The van der Waals surface area contributed by atoms with Gasteiger partial charge in [-0.3, -0.25) is 14.4 Å². The number of Topliss-reactive ketones (excluding diaryl/α,β-unsaturated/α-hetero) is 1. The molecule has 3 N–H and O–H groups in total. The number of nitrogens with zero attached hydrogens (tertiary/aromatic N) is 3. The van der Waals surface area contributed by atoms with Crippen LogP contribution in [-0.4, -0.2) is 70.6 Å². The van der Waals surface area contributed by atoms with Gasteiger partial charge in [0.25, 0.3) is 0 Å². The summed E-state index contributed by atoms with van der Waals surface area (Å²) in [6, 6.07) is -0.432. The largest absolute Gasteiger partial charge is 0.479 e. The van der Waals surface area contributed by atoms with Crippen LogP contribution in [0.15, 0.2) is 11.4 Å². The van der Waals surface area contributed by atoms with Crippen molar-refractivity contribution in [3.05, 3.63) is 11.1 Å². The van der Waals surface area contributed by atoms with Crippen molar-refractivity contribution in [3.8, 4) is 0 Å². The van der Waals surface area contributed by atoms with Gasteiger partial charge in [-0.05, 0) is 0 Å². The van der Waals surface area contributed by atoms with E-state index in [2.05, 4.69) is 15.0 Å². The fourth-order valence-corrected chi connectivity index (χ4v) is 3.19. The Kier molecular flexibility index (Phi) is 6.45. The third-order valence-electron chi connectivity index (χ3n) is 3.85. The Bertz CT molecular complexity index is 791. The number of hydrogen-bond donors (Lipinski definition) is 2. The number of nitrogens with two attached hydrogens (primary N) is 1. The number of esters is 1. The van der Waals surface area contributed by atoms with Gasteiger partial charge in [-0.25, -0.2) is 9.78 Å². The summed E-state index contributed by atoms with van der Waals surface area (Å²) in [5, 5.41) is 12.4. The van der Waals surface area contributed by atoms with Gasteiger partial charge in [0.2, 0.25) is 12.5 Å². The first-order chi connectivity index (χ1) is 12.7. The average molecular weight is 398 g/mol. The van der Waals surface area contributed by atoms with E-state index in [1.54, 1.807) is 7.05 Å². The van der Waals surface area contributed by atoms with Gasteiger partial charge in [-0.15, -0.1) is 0 Å². The van der Waals surface area contributed by atoms with Gasteiger partial charge >= 0.3 is 11.9 Å². The second kappa shape index (κ2) is 8.58. The number of carbonyl (C=O) groups is 4. The molecular weight excluding hydrogens is 380 g/mol. The van der Waals surface area contributed by atoms with Crippen LogP contribution < -0.4 is 5.73 Å². The maximum Gasteiger partial charge on any atom is 0.344 e. The van der Waals surface area contributed by atoms with E-state index < -0.39 is 36.3 Å². The van der Waals surface area contributed by atoms with Crippen LogP contribution in [0.1, 0.15) is 18.2 Å². The molecule has 1 saturated heterocycles. The van der Waals surface area contributed by atoms with Crippen molar-refractivity contribution in [2.24, 2.45) is 11.1 Å². The zero-order chi connectivity index (χ0) is 20.1. The Labute approximate surface area is 157 Å². The van der Waals surface area contributed by atoms with Gasteiger partial charge in [0, 0.05) is 26.6 Å². The van der Waals surface area contributed by atoms with Gasteiger partial charge in [0.1, 0.15) is 6.61 Å². The molecule has 2 heterocycles. The second-order valence-corrected chi connectivity index (χ2v) is 6.78. The molecule has 1 aliphatic rings. The van der Waals surface area contributed by atoms with Crippen LogP contribution in [0, 0.1) is 5.92 Å². The highest BCUT2D eigenvalue weighted by Crippen LogP contribution is 2.29. The van der Waals surface area contributed by atoms with Crippen molar-refractivity contribution < 1.29 is 33.9 Å². The van der Waals surface area contributed by atoms with Crippen LogP contribution in [0.2, 0.25) is 0 Å². The molecule has 1 aliphatic heterocycles. The van der Waals surface area contributed by atoms with Crippen LogP contribution in [0.5, 0.6) is 0 Å². The van der Waals surface area contributed by atoms with E-state index >= 15 is 0 Å². The Morgan fingerprint density at radius 1 is 1.44 bits per heavy atom. The first-order valence-corrected chi connectivity index (χ1v) is 8.59. The molecule has 27 heavy (non-hydrogen) atoms. The standard InChI is InChI=1S/C15H18N4O7S/c1-7(20)25-5-9-8(14(24)19(9)2)3-10(21)13(18-26-6-12(22)23)11-4-17-15(16)27-11/h4,8-9H,3,5-6H2,1-2H3,(H2,16,17)(H,22,23)/b18-13+/t8-,9+/m0/s1. The molecule has 0 spiro atoms. The minimum absolute atomic E-state index is 0.0228. The number of β-lactam (4-membered cyclic amide) rings is 1. The average Bonchev–Trinajstić information content (AvgIpc) is 3.02. The van der Waals surface area contributed by atoms with Crippen molar-refractivity contribution >= 4 is 45.8 Å². The normalized spacial score (nSPS) is 19.4. The zero-order valence-electron chi connectivity index (χ0n) is 14.6. The van der Waals surface area contributed by atoms with Crippen LogP contribution >= 0.6 is 11.3 Å². The van der Waals surface area contributed by atoms with E-state index in [-0.39, 0.29) is 29.8 Å². The number of amides is 1. The van der Waals surface area contributed by atoms with Crippen LogP contribution in [0.4, 0.5) is 5.13 Å². The molecule has 2 atom stereocenters. The number of carboxylic acid groups (broad SMARTS) is 1. The van der Waals surface area contributed by atoms with Gasteiger partial charge in [-0.2, -0.15) is 0 Å². The van der Waals surface area contributed by atoms with E-state index in [9.17, 15) is 19.2 Å². The summed E-state index contributed by atoms with van der Waals surface area (Å²) >= 11 is 0.975. The molecule has 0 aromatic carbocycles. The Morgan fingerprint density at radius 3 is 2.70 bits per heavy atom. The number of carboxylic acids is 1. The van der Waals surface area contributed by atoms with Crippen molar-refractivity contribution in [2.45, 2.75) is 19.4 Å². The minimum Gasteiger partial charge on any atom is -0.479 e. The van der Waals surface area contributed by atoms with E-state index in [0.29, 0.717) is 4.88 Å². The van der Waals surface area contributed by atoms with Crippen molar-refractivity contribution in [1.29, 1.82) is 0 Å². The molecule has 0 radical (unpaired) electrons. The maximum absolute atomic E-state index is 12.7. The lowest BCUT2D eigenvalue weighted by molar-refractivity contribution is -0.163. The molecule has 146 valence electrons. The number of rotatable bonds is 9. The van der Waals surface area contributed by atoms with Crippen LogP contribution in [0.25, 0.3) is 0 Å². The Morgan fingerprint density at radius 2 is 2.15 bits per heavy atom. The lowest BCUT2D eigenvalue weighted by Gasteiger charge is -2.44. The highest BCUT2D eigenvalue weighted by molar-refractivity contribution is 7.18. The summed E-state index contributed by atoms with van der Waals surface area (Å²) in [6.45, 7) is 0.496. The summed E-state index contributed by atoms with van der Waals surface area (Å²) in [5.41, 5.74) is 5.39. The Hall–Kier alpha value is -3.02. The number of anilines is 1. The number of aromatic nitrogens is 1. The van der Waals surface area contributed by atoms with Crippen molar-refractivity contribution in [3.63, 3.8) is 0 Å². The number of likely N-dealkylation sites (tertiary alicyclic amines) is 1. The molecule has 0 bridgehead atoms. The molecule has 1 amide bonds. The van der Waals surface area contributed by atoms with Crippen molar-refractivity contribution in [2.75, 3.05) is 26.0 Å². The first-order valence-electron chi connectivity index (χ1n) is 7.77. The highest BCUT2D eigenvalue weighted by Gasteiger charge is 2.46. The summed E-state index contributed by atoms with van der Waals surface area (Å²) in [7, 11) is 1.55. The molecule has 2 rings (SSSR count). The maximum atomic E-state index is 12.7. The SMILES string of the molecule is CC(=O)OC[C@@H]1[C@H](CC(=O)/C(=N\OCC(=O)O)c2cnc(N)s2)C(=O)N1C. The van der Waals surface area contributed by atoms with Gasteiger partial charge in [0.15, 0.2) is 16.6 Å². The number of ether oxygens (including phenoxy) is 1. The third kappa shape index (κ3) is 5.00. The summed E-state index contributed by atoms with van der Waals surface area (Å²) in [5.74, 6) is -3.24. The van der Waals surface area contributed by atoms with Gasteiger partial charge < -0.3 is 25.3 Å². The molecule has 1 aromatic heterocycles. The quantitative estimate of drug-likeness (QED) is 0.242. The van der Waals surface area contributed by atoms with E-state index in [4.69, 9.17) is 15.6 Å². The van der Waals surface area contributed by atoms with E-state index in [1.807, 2.05) is 0 Å². The molecular formula is C15H18N4O7S. The Balaban J connectivity index is 2.13. The van der Waals surface area contributed by atoms with Crippen LogP contribution in [0.3, 0.4) is 0 Å². The molecule has 12 heteroatoms. The van der Waals surface area contributed by atoms with Gasteiger partial charge in [-0.1, -0.05) is 16.5 Å². The minimum atomic E-state index is -1.26. The molecule has 1 aromatic rings. The van der Waals surface area contributed by atoms with E-state index in [1.165, 1.54) is 18.0 Å². The van der Waals surface area contributed by atoms with E-state index in [0.717, 1.165) is 11.3 Å². The molecule has 0 saturated carbocycles. The number of aliphatic carboxylic acids is 1. The highest BCUT2D eigenvalue weighted by atomic mass is 32.1. The number of likely N-dealkylation sites (N-methyl/N-ethyl adjacent to an activating group) is 1. The predicted octanol–water partition coefficient (Wildman–Crippen LogP) is -0.490. The topological polar surface area (TPSA) is 161 Å². The lowest BCUT2D eigenvalue weighted by atomic mass is 9.83. The predicted molar refractivity (Wildman–Crippen MR) is 93.0 cm³/mol. The summed E-state index contributed by atoms with van der Waals surface area (Å²) < 4.78 is 4.93. The molecule has 0 unspecified atom stereocenters. The first kappa shape index (κ1) is 20.3. The van der Waals surface area contributed by atoms with Crippen molar-refractivity contribution in [1.82, 2.24) is 9.88 Å². The monoisotopic (exact) mass is 398 g/mol.